The van der Waals surface area contributed by atoms with Gasteiger partial charge in [0, 0.05) is 18.7 Å². The Hall–Kier alpha value is -2.42. The molecule has 0 spiro atoms. The van der Waals surface area contributed by atoms with Crippen LogP contribution in [0.2, 0.25) is 0 Å². The summed E-state index contributed by atoms with van der Waals surface area (Å²) in [6, 6.07) is 10.1. The SMILES string of the molecule is O=C(Cc1cccc(C(F)(F)F)c1)N1CCC(c2ccccc2F)S(=O)(=O)CC1. The van der Waals surface area contributed by atoms with Crippen LogP contribution in [0.4, 0.5) is 17.6 Å². The monoisotopic (exact) mass is 429 g/mol. The second-order valence-electron chi connectivity index (χ2n) is 6.92. The van der Waals surface area contributed by atoms with Gasteiger partial charge in [0.15, 0.2) is 9.84 Å². The molecular formula is C20H19F4NO3S. The van der Waals surface area contributed by atoms with Crippen LogP contribution in [0.5, 0.6) is 0 Å². The lowest BCUT2D eigenvalue weighted by Crippen LogP contribution is -2.34. The molecular weight excluding hydrogens is 410 g/mol. The number of rotatable bonds is 3. The van der Waals surface area contributed by atoms with Crippen LogP contribution in [-0.4, -0.2) is 38.1 Å². The van der Waals surface area contributed by atoms with Crippen LogP contribution >= 0.6 is 0 Å². The zero-order valence-electron chi connectivity index (χ0n) is 15.3. The highest BCUT2D eigenvalue weighted by molar-refractivity contribution is 7.91. The minimum atomic E-state index is -4.51. The van der Waals surface area contributed by atoms with Crippen molar-refractivity contribution in [1.29, 1.82) is 0 Å². The predicted octanol–water partition coefficient (Wildman–Crippen LogP) is 3.78. The Morgan fingerprint density at radius 1 is 1.07 bits per heavy atom. The molecule has 0 N–H and O–H groups in total. The van der Waals surface area contributed by atoms with Crippen molar-refractivity contribution in [2.24, 2.45) is 0 Å². The molecule has 156 valence electrons. The van der Waals surface area contributed by atoms with Gasteiger partial charge in [0.25, 0.3) is 0 Å². The molecule has 2 aromatic rings. The van der Waals surface area contributed by atoms with Gasteiger partial charge >= 0.3 is 6.18 Å². The lowest BCUT2D eigenvalue weighted by atomic mass is 10.1. The van der Waals surface area contributed by atoms with Crippen molar-refractivity contribution < 1.29 is 30.8 Å². The second-order valence-corrected chi connectivity index (χ2v) is 9.22. The van der Waals surface area contributed by atoms with Crippen LogP contribution < -0.4 is 0 Å². The molecule has 1 fully saturated rings. The maximum atomic E-state index is 14.1. The van der Waals surface area contributed by atoms with Crippen LogP contribution in [0.25, 0.3) is 0 Å². The van der Waals surface area contributed by atoms with Gasteiger partial charge in [-0.2, -0.15) is 13.2 Å². The first-order valence-corrected chi connectivity index (χ1v) is 10.7. The summed E-state index contributed by atoms with van der Waals surface area (Å²) >= 11 is 0. The van der Waals surface area contributed by atoms with Crippen LogP contribution in [0, 0.1) is 5.82 Å². The molecule has 1 unspecified atom stereocenters. The van der Waals surface area contributed by atoms with Crippen LogP contribution in [0.1, 0.15) is 28.4 Å². The topological polar surface area (TPSA) is 54.5 Å². The number of sulfone groups is 1. The smallest absolute Gasteiger partial charge is 0.341 e. The molecule has 0 bridgehead atoms. The number of alkyl halides is 3. The minimum absolute atomic E-state index is 0.0254. The molecule has 0 saturated carbocycles. The highest BCUT2D eigenvalue weighted by Crippen LogP contribution is 2.32. The summed E-state index contributed by atoms with van der Waals surface area (Å²) in [7, 11) is -3.68. The third-order valence-corrected chi connectivity index (χ3v) is 7.06. The lowest BCUT2D eigenvalue weighted by Gasteiger charge is -2.20. The van der Waals surface area contributed by atoms with Crippen molar-refractivity contribution in [2.45, 2.75) is 24.3 Å². The molecule has 1 saturated heterocycles. The predicted molar refractivity (Wildman–Crippen MR) is 99.3 cm³/mol. The number of hydrogen-bond donors (Lipinski definition) is 0. The number of carbonyl (C=O) groups is 1. The Morgan fingerprint density at radius 3 is 2.48 bits per heavy atom. The number of carbonyl (C=O) groups excluding carboxylic acids is 1. The average Bonchev–Trinajstić information content (AvgIpc) is 2.80. The molecule has 0 aromatic heterocycles. The molecule has 1 atom stereocenters. The van der Waals surface area contributed by atoms with E-state index in [0.717, 1.165) is 12.1 Å². The van der Waals surface area contributed by atoms with Gasteiger partial charge in [0.05, 0.1) is 23.0 Å². The molecule has 4 nitrogen and oxygen atoms in total. The second kappa shape index (κ2) is 8.14. The lowest BCUT2D eigenvalue weighted by molar-refractivity contribution is -0.138. The third-order valence-electron chi connectivity index (χ3n) is 4.95. The van der Waals surface area contributed by atoms with E-state index < -0.39 is 38.6 Å². The Balaban J connectivity index is 1.75. The fourth-order valence-corrected chi connectivity index (χ4v) is 5.22. The first-order valence-electron chi connectivity index (χ1n) is 8.98. The summed E-state index contributed by atoms with van der Waals surface area (Å²) in [6.45, 7) is 0.00110. The Kier molecular flexibility index (Phi) is 5.97. The van der Waals surface area contributed by atoms with E-state index in [4.69, 9.17) is 0 Å². The highest BCUT2D eigenvalue weighted by atomic mass is 32.2. The average molecular weight is 429 g/mol. The van der Waals surface area contributed by atoms with E-state index >= 15 is 0 Å². The largest absolute Gasteiger partial charge is 0.416 e. The number of benzene rings is 2. The molecule has 1 amide bonds. The molecule has 1 heterocycles. The maximum absolute atomic E-state index is 14.1. The Labute approximate surface area is 166 Å². The fraction of sp³-hybridized carbons (Fsp3) is 0.350. The van der Waals surface area contributed by atoms with Gasteiger partial charge in [-0.15, -0.1) is 0 Å². The number of hydrogen-bond acceptors (Lipinski definition) is 3. The van der Waals surface area contributed by atoms with Crippen LogP contribution in [-0.2, 0) is 27.2 Å². The Morgan fingerprint density at radius 2 is 1.79 bits per heavy atom. The van der Waals surface area contributed by atoms with Gasteiger partial charge in [0.2, 0.25) is 5.91 Å². The van der Waals surface area contributed by atoms with Crippen molar-refractivity contribution >= 4 is 15.7 Å². The first-order chi connectivity index (χ1) is 13.6. The van der Waals surface area contributed by atoms with Gasteiger partial charge in [-0.05, 0) is 24.1 Å². The standard InChI is InChI=1S/C20H19F4NO3S/c21-17-7-2-1-6-16(17)18-8-9-25(10-11-29(18,27)28)19(26)13-14-4-3-5-15(12-14)20(22,23)24/h1-7,12,18H,8-11,13H2. The summed E-state index contributed by atoms with van der Waals surface area (Å²) in [6.07, 6.45) is -4.76. The zero-order valence-corrected chi connectivity index (χ0v) is 16.1. The van der Waals surface area contributed by atoms with E-state index in [1.165, 1.54) is 35.2 Å². The van der Waals surface area contributed by atoms with E-state index in [-0.39, 0.29) is 42.8 Å². The van der Waals surface area contributed by atoms with E-state index in [9.17, 15) is 30.8 Å². The molecule has 9 heteroatoms. The van der Waals surface area contributed by atoms with E-state index in [1.807, 2.05) is 0 Å². The normalized spacial score (nSPS) is 19.6. The van der Waals surface area contributed by atoms with Crippen LogP contribution in [0.15, 0.2) is 48.5 Å². The van der Waals surface area contributed by atoms with Gasteiger partial charge in [-0.3, -0.25) is 4.79 Å². The third kappa shape index (κ3) is 4.95. The molecule has 0 radical (unpaired) electrons. The zero-order chi connectivity index (χ0) is 21.2. The molecule has 29 heavy (non-hydrogen) atoms. The maximum Gasteiger partial charge on any atom is 0.416 e. The van der Waals surface area contributed by atoms with Crippen molar-refractivity contribution in [3.63, 3.8) is 0 Å². The van der Waals surface area contributed by atoms with Crippen LogP contribution in [0.3, 0.4) is 0 Å². The van der Waals surface area contributed by atoms with Gasteiger partial charge < -0.3 is 4.90 Å². The molecule has 2 aromatic carbocycles. The summed E-state index contributed by atoms with van der Waals surface area (Å²) in [4.78, 5) is 13.9. The van der Waals surface area contributed by atoms with Gasteiger partial charge in [0.1, 0.15) is 5.82 Å². The van der Waals surface area contributed by atoms with Crippen molar-refractivity contribution in [2.75, 3.05) is 18.8 Å². The summed E-state index contributed by atoms with van der Waals surface area (Å²) in [5.41, 5.74) is -0.580. The molecule has 1 aliphatic heterocycles. The van der Waals surface area contributed by atoms with Crippen molar-refractivity contribution in [3.05, 3.63) is 71.0 Å². The summed E-state index contributed by atoms with van der Waals surface area (Å²) in [5.74, 6) is -1.42. The quantitative estimate of drug-likeness (QED) is 0.698. The number of nitrogens with zero attached hydrogens (tertiary/aromatic N) is 1. The highest BCUT2D eigenvalue weighted by Gasteiger charge is 2.34. The van der Waals surface area contributed by atoms with E-state index in [1.54, 1.807) is 6.07 Å². The minimum Gasteiger partial charge on any atom is -0.341 e. The van der Waals surface area contributed by atoms with Crippen molar-refractivity contribution in [3.8, 4) is 0 Å². The van der Waals surface area contributed by atoms with Gasteiger partial charge in [-0.25, -0.2) is 12.8 Å². The molecule has 0 aliphatic carbocycles. The van der Waals surface area contributed by atoms with Gasteiger partial charge in [-0.1, -0.05) is 36.4 Å². The van der Waals surface area contributed by atoms with Crippen molar-refractivity contribution in [1.82, 2.24) is 4.90 Å². The molecule has 3 rings (SSSR count). The Bertz CT molecular complexity index is 1000. The van der Waals surface area contributed by atoms with E-state index in [2.05, 4.69) is 0 Å². The first kappa shape index (κ1) is 21.3. The number of halogens is 4. The summed E-state index contributed by atoms with van der Waals surface area (Å²) in [5, 5.41) is -1.06. The summed E-state index contributed by atoms with van der Waals surface area (Å²) < 4.78 is 77.8. The number of amides is 1. The fourth-order valence-electron chi connectivity index (χ4n) is 3.42. The van der Waals surface area contributed by atoms with E-state index in [0.29, 0.717) is 0 Å². The molecule has 1 aliphatic rings.